The van der Waals surface area contributed by atoms with Gasteiger partial charge >= 0.3 is 5.97 Å². The second kappa shape index (κ2) is 6.96. The number of carbonyl (C=O) groups excluding carboxylic acids is 1. The number of esters is 1. The summed E-state index contributed by atoms with van der Waals surface area (Å²) in [4.78, 5) is 11.3. The zero-order valence-electron chi connectivity index (χ0n) is 13.1. The normalized spacial score (nSPS) is 18.5. The molecule has 5 nitrogen and oxygen atoms in total. The minimum atomic E-state index is -3.54. The van der Waals surface area contributed by atoms with Crippen molar-refractivity contribution in [1.29, 1.82) is 0 Å². The third kappa shape index (κ3) is 3.48. The Morgan fingerprint density at radius 3 is 2.42 bits per heavy atom. The summed E-state index contributed by atoms with van der Waals surface area (Å²) in [6, 6.07) is 15.4. The Bertz CT molecular complexity index is 819. The maximum absolute atomic E-state index is 12.9. The maximum atomic E-state index is 12.9. The van der Waals surface area contributed by atoms with Crippen LogP contribution in [0.4, 0.5) is 0 Å². The molecule has 0 bridgehead atoms. The second-order valence-electron chi connectivity index (χ2n) is 5.31. The molecular formula is C17H17NO4S2. The van der Waals surface area contributed by atoms with Gasteiger partial charge in [-0.15, -0.1) is 11.8 Å². The summed E-state index contributed by atoms with van der Waals surface area (Å²) in [6.07, 6.45) is 0. The van der Waals surface area contributed by atoms with E-state index >= 15 is 0 Å². The highest BCUT2D eigenvalue weighted by Gasteiger charge is 2.36. The van der Waals surface area contributed by atoms with E-state index in [-0.39, 0.29) is 11.3 Å². The van der Waals surface area contributed by atoms with Crippen LogP contribution in [0.5, 0.6) is 5.75 Å². The van der Waals surface area contributed by atoms with Crippen molar-refractivity contribution in [3.63, 3.8) is 0 Å². The first-order valence-electron chi connectivity index (χ1n) is 7.45. The fraction of sp³-hybridized carbons (Fsp3) is 0.235. The van der Waals surface area contributed by atoms with E-state index in [1.807, 2.05) is 0 Å². The van der Waals surface area contributed by atoms with E-state index in [9.17, 15) is 13.2 Å². The van der Waals surface area contributed by atoms with Gasteiger partial charge in [-0.2, -0.15) is 4.31 Å². The highest BCUT2D eigenvalue weighted by molar-refractivity contribution is 8.01. The van der Waals surface area contributed by atoms with Crippen molar-refractivity contribution in [1.82, 2.24) is 4.31 Å². The molecule has 1 saturated heterocycles. The molecule has 0 aromatic heterocycles. The molecule has 0 N–H and O–H groups in total. The summed E-state index contributed by atoms with van der Waals surface area (Å²) in [5, 5.41) is -0.276. The van der Waals surface area contributed by atoms with E-state index in [0.29, 0.717) is 17.2 Å². The molecule has 1 atom stereocenters. The van der Waals surface area contributed by atoms with Crippen LogP contribution in [-0.4, -0.2) is 31.0 Å². The third-order valence-corrected chi connectivity index (χ3v) is 6.90. The number of carbonyl (C=O) groups is 1. The first kappa shape index (κ1) is 17.0. The molecule has 24 heavy (non-hydrogen) atoms. The van der Waals surface area contributed by atoms with E-state index in [1.54, 1.807) is 66.4 Å². The summed E-state index contributed by atoms with van der Waals surface area (Å²) < 4.78 is 32.3. The van der Waals surface area contributed by atoms with Crippen molar-refractivity contribution in [2.45, 2.75) is 17.2 Å². The Kier molecular flexibility index (Phi) is 4.93. The molecule has 0 radical (unpaired) electrons. The molecule has 126 valence electrons. The number of benzene rings is 2. The molecule has 3 rings (SSSR count). The zero-order valence-corrected chi connectivity index (χ0v) is 14.7. The summed E-state index contributed by atoms with van der Waals surface area (Å²) in [5.74, 6) is 0.806. The molecule has 1 aliphatic heterocycles. The van der Waals surface area contributed by atoms with Crippen molar-refractivity contribution < 1.29 is 17.9 Å². The number of sulfonamides is 1. The van der Waals surface area contributed by atoms with Gasteiger partial charge in [-0.1, -0.05) is 30.3 Å². The van der Waals surface area contributed by atoms with Crippen LogP contribution < -0.4 is 4.74 Å². The number of nitrogens with zero attached hydrogens (tertiary/aromatic N) is 1. The molecule has 1 unspecified atom stereocenters. The zero-order chi connectivity index (χ0) is 17.2. The minimum absolute atomic E-state index is 0.276. The first-order valence-corrected chi connectivity index (χ1v) is 9.94. The van der Waals surface area contributed by atoms with Crippen LogP contribution in [0.15, 0.2) is 59.5 Å². The highest BCUT2D eigenvalue weighted by atomic mass is 32.2. The molecule has 0 saturated carbocycles. The van der Waals surface area contributed by atoms with Crippen molar-refractivity contribution in [3.8, 4) is 5.75 Å². The van der Waals surface area contributed by atoms with Gasteiger partial charge < -0.3 is 4.74 Å². The van der Waals surface area contributed by atoms with Crippen LogP contribution in [0, 0.1) is 0 Å². The van der Waals surface area contributed by atoms with Crippen molar-refractivity contribution in [3.05, 3.63) is 60.2 Å². The average Bonchev–Trinajstić information content (AvgIpc) is 3.06. The van der Waals surface area contributed by atoms with Gasteiger partial charge in [-0.05, 0) is 29.8 Å². The van der Waals surface area contributed by atoms with Gasteiger partial charge in [0.05, 0.1) is 10.3 Å². The lowest BCUT2D eigenvalue weighted by atomic mass is 10.2. The summed E-state index contributed by atoms with van der Waals surface area (Å²) in [6.45, 7) is 1.81. The monoisotopic (exact) mass is 363 g/mol. The van der Waals surface area contributed by atoms with Crippen LogP contribution in [-0.2, 0) is 14.8 Å². The topological polar surface area (TPSA) is 63.7 Å². The number of hydrogen-bond donors (Lipinski definition) is 0. The smallest absolute Gasteiger partial charge is 0.308 e. The average molecular weight is 363 g/mol. The lowest BCUT2D eigenvalue weighted by Gasteiger charge is -2.23. The van der Waals surface area contributed by atoms with Crippen molar-refractivity contribution in [2.24, 2.45) is 0 Å². The van der Waals surface area contributed by atoms with Crippen LogP contribution >= 0.6 is 11.8 Å². The Morgan fingerprint density at radius 2 is 1.79 bits per heavy atom. The molecule has 0 amide bonds. The number of hydrogen-bond acceptors (Lipinski definition) is 5. The van der Waals surface area contributed by atoms with E-state index in [1.165, 1.54) is 11.2 Å². The second-order valence-corrected chi connectivity index (χ2v) is 8.39. The van der Waals surface area contributed by atoms with Gasteiger partial charge in [-0.25, -0.2) is 8.42 Å². The molecule has 1 heterocycles. The Morgan fingerprint density at radius 1 is 1.12 bits per heavy atom. The van der Waals surface area contributed by atoms with Crippen LogP contribution in [0.2, 0.25) is 0 Å². The minimum Gasteiger partial charge on any atom is -0.427 e. The van der Waals surface area contributed by atoms with Gasteiger partial charge in [0.25, 0.3) is 0 Å². The lowest BCUT2D eigenvalue weighted by molar-refractivity contribution is -0.131. The molecule has 7 heteroatoms. The third-order valence-electron chi connectivity index (χ3n) is 3.63. The molecular weight excluding hydrogens is 346 g/mol. The summed E-state index contributed by atoms with van der Waals surface area (Å²) in [7, 11) is -3.54. The Labute approximate surface area is 145 Å². The standard InChI is InChI=1S/C17H17NO4S2/c1-13(19)22-15-9-7-14(8-10-15)17-18(11-12-23-17)24(20,21)16-5-3-2-4-6-16/h2-10,17H,11-12H2,1H3. The van der Waals surface area contributed by atoms with E-state index in [2.05, 4.69) is 0 Å². The van der Waals surface area contributed by atoms with Gasteiger partial charge in [0.15, 0.2) is 0 Å². The molecule has 0 spiro atoms. The van der Waals surface area contributed by atoms with Crippen LogP contribution in [0.25, 0.3) is 0 Å². The predicted octanol–water partition coefficient (Wildman–Crippen LogP) is 3.05. The lowest BCUT2D eigenvalue weighted by Crippen LogP contribution is -2.30. The molecule has 0 aliphatic carbocycles. The van der Waals surface area contributed by atoms with Crippen molar-refractivity contribution in [2.75, 3.05) is 12.3 Å². The molecule has 2 aromatic rings. The Balaban J connectivity index is 1.87. The SMILES string of the molecule is CC(=O)Oc1ccc(C2SCCN2S(=O)(=O)c2ccccc2)cc1. The van der Waals surface area contributed by atoms with Crippen molar-refractivity contribution >= 4 is 27.8 Å². The van der Waals surface area contributed by atoms with Gasteiger partial charge in [-0.3, -0.25) is 4.79 Å². The fourth-order valence-corrected chi connectivity index (χ4v) is 5.82. The highest BCUT2D eigenvalue weighted by Crippen LogP contribution is 2.41. The van der Waals surface area contributed by atoms with Gasteiger partial charge in [0.1, 0.15) is 5.75 Å². The molecule has 1 aliphatic rings. The number of rotatable bonds is 4. The fourth-order valence-electron chi connectivity index (χ4n) is 2.56. The van der Waals surface area contributed by atoms with Crippen LogP contribution in [0.1, 0.15) is 17.9 Å². The summed E-state index contributed by atoms with van der Waals surface area (Å²) in [5.41, 5.74) is 0.868. The number of ether oxygens (including phenoxy) is 1. The largest absolute Gasteiger partial charge is 0.427 e. The Hall–Kier alpha value is -1.83. The molecule has 2 aromatic carbocycles. The van der Waals surface area contributed by atoms with Gasteiger partial charge in [0.2, 0.25) is 10.0 Å². The predicted molar refractivity (Wildman–Crippen MR) is 93.3 cm³/mol. The summed E-state index contributed by atoms with van der Waals surface area (Å²) >= 11 is 1.58. The first-order chi connectivity index (χ1) is 11.5. The molecule has 1 fully saturated rings. The quantitative estimate of drug-likeness (QED) is 0.617. The van der Waals surface area contributed by atoms with Crippen LogP contribution in [0.3, 0.4) is 0 Å². The van der Waals surface area contributed by atoms with E-state index < -0.39 is 10.0 Å². The maximum Gasteiger partial charge on any atom is 0.308 e. The van der Waals surface area contributed by atoms with Gasteiger partial charge in [0, 0.05) is 19.2 Å². The van der Waals surface area contributed by atoms with E-state index in [0.717, 1.165) is 11.3 Å². The van der Waals surface area contributed by atoms with E-state index in [4.69, 9.17) is 4.74 Å². The number of thioether (sulfide) groups is 1.